The number of nitrogens with one attached hydrogen (secondary N) is 1. The normalized spacial score (nSPS) is 13.1. The van der Waals surface area contributed by atoms with Crippen LogP contribution in [0.5, 0.6) is 0 Å². The van der Waals surface area contributed by atoms with Gasteiger partial charge in [-0.25, -0.2) is 14.8 Å². The van der Waals surface area contributed by atoms with Crippen LogP contribution >= 0.6 is 0 Å². The molecule has 9 heteroatoms. The molecule has 1 unspecified atom stereocenters. The summed E-state index contributed by atoms with van der Waals surface area (Å²) >= 11 is 0. The monoisotopic (exact) mass is 524 g/mol. The summed E-state index contributed by atoms with van der Waals surface area (Å²) in [6.07, 6.45) is 2.85. The van der Waals surface area contributed by atoms with Gasteiger partial charge in [-0.2, -0.15) is 0 Å². The zero-order valence-electron chi connectivity index (χ0n) is 23.5. The Hall–Kier alpha value is -3.04. The van der Waals surface area contributed by atoms with Crippen LogP contribution in [0, 0.1) is 12.3 Å². The van der Waals surface area contributed by atoms with E-state index < -0.39 is 20.7 Å². The molecule has 8 nitrogen and oxygen atoms in total. The topological polar surface area (TPSA) is 95.3 Å². The number of hydrogen-bond acceptors (Lipinski definition) is 6. The van der Waals surface area contributed by atoms with Crippen molar-refractivity contribution < 1.29 is 18.8 Å². The van der Waals surface area contributed by atoms with E-state index in [1.165, 1.54) is 6.33 Å². The first-order chi connectivity index (χ1) is 17.2. The zero-order valence-corrected chi connectivity index (χ0v) is 24.7. The van der Waals surface area contributed by atoms with Crippen molar-refractivity contribution in [3.8, 4) is 11.1 Å². The maximum absolute atomic E-state index is 12.7. The molecule has 1 atom stereocenters. The number of hydrogen-bond donors (Lipinski definition) is 1. The number of rotatable bonds is 8. The largest absolute Gasteiger partial charge is 0.444 e. The average Bonchev–Trinajstić information content (AvgIpc) is 3.10. The van der Waals surface area contributed by atoms with Crippen molar-refractivity contribution in [2.75, 3.05) is 5.32 Å². The minimum absolute atomic E-state index is 0.0860. The summed E-state index contributed by atoms with van der Waals surface area (Å²) in [6, 6.07) is 7.92. The predicted octanol–water partition coefficient (Wildman–Crippen LogP) is 6.89. The minimum Gasteiger partial charge on any atom is -0.444 e. The number of carbonyl (C=O) groups excluding carboxylic acids is 2. The lowest BCUT2D eigenvalue weighted by molar-refractivity contribution is 0.0635. The van der Waals surface area contributed by atoms with Gasteiger partial charge in [0, 0.05) is 5.56 Å². The second-order valence-electron chi connectivity index (χ2n) is 11.9. The van der Waals surface area contributed by atoms with Crippen molar-refractivity contribution in [1.29, 1.82) is 0 Å². The molecule has 0 saturated carbocycles. The highest BCUT2D eigenvalue weighted by Crippen LogP contribution is 2.40. The van der Waals surface area contributed by atoms with E-state index in [1.54, 1.807) is 20.8 Å². The third-order valence-electron chi connectivity index (χ3n) is 5.75. The van der Waals surface area contributed by atoms with E-state index in [9.17, 15) is 9.59 Å². The highest BCUT2D eigenvalue weighted by molar-refractivity contribution is 6.48. The first-order valence-corrected chi connectivity index (χ1v) is 15.5. The van der Waals surface area contributed by atoms with E-state index in [0.29, 0.717) is 28.7 Å². The number of nitrogens with zero attached hydrogens (tertiary/aromatic N) is 3. The second-order valence-corrected chi connectivity index (χ2v) is 14.3. The maximum Gasteiger partial charge on any atom is 0.413 e. The van der Waals surface area contributed by atoms with Crippen LogP contribution in [0.2, 0.25) is 13.1 Å². The summed E-state index contributed by atoms with van der Waals surface area (Å²) < 4.78 is 13.9. The quantitative estimate of drug-likeness (QED) is 0.255. The lowest BCUT2D eigenvalue weighted by atomic mass is 9.90. The predicted molar refractivity (Wildman–Crippen MR) is 151 cm³/mol. The summed E-state index contributed by atoms with van der Waals surface area (Å²) in [4.78, 5) is 34.5. The minimum atomic E-state index is -1.50. The fraction of sp³-hybridized carbons (Fsp3) is 0.500. The van der Waals surface area contributed by atoms with Gasteiger partial charge in [0.25, 0.3) is 0 Å². The fourth-order valence-corrected chi connectivity index (χ4v) is 5.08. The van der Waals surface area contributed by atoms with E-state index in [1.807, 2.05) is 35.8 Å². The van der Waals surface area contributed by atoms with Gasteiger partial charge in [0.15, 0.2) is 15.3 Å². The standard InChI is InChI=1S/C28H40N4O4Si/c1-18-10-12-19(13-11-18)22-20(16-33)32(21(36-37(8)9)14-15-27(2,3)4)25-23(22)24(29-17-30-25)31-26(34)35-28(5,6)7/h10-13,16-17,21,37H,14-15H2,1-9H3,(H,29,30,31,34). The Morgan fingerprint density at radius 3 is 2.30 bits per heavy atom. The molecule has 0 spiro atoms. The van der Waals surface area contributed by atoms with E-state index in [0.717, 1.165) is 23.8 Å². The number of amides is 1. The number of anilines is 1. The molecular formula is C28H40N4O4Si. The van der Waals surface area contributed by atoms with Crippen LogP contribution < -0.4 is 5.32 Å². The Labute approximate surface area is 221 Å². The van der Waals surface area contributed by atoms with Crippen LogP contribution in [0.15, 0.2) is 30.6 Å². The summed E-state index contributed by atoms with van der Waals surface area (Å²) in [6.45, 7) is 18.2. The zero-order chi connectivity index (χ0) is 27.5. The van der Waals surface area contributed by atoms with Gasteiger partial charge in [-0.3, -0.25) is 14.7 Å². The Morgan fingerprint density at radius 1 is 1.11 bits per heavy atom. The van der Waals surface area contributed by atoms with Gasteiger partial charge in [0.1, 0.15) is 29.6 Å². The van der Waals surface area contributed by atoms with E-state index in [2.05, 4.69) is 49.1 Å². The van der Waals surface area contributed by atoms with Crippen molar-refractivity contribution in [2.24, 2.45) is 5.41 Å². The Kier molecular flexibility index (Phi) is 8.59. The van der Waals surface area contributed by atoms with Crippen molar-refractivity contribution in [3.63, 3.8) is 0 Å². The summed E-state index contributed by atoms with van der Waals surface area (Å²) in [5.41, 5.74) is 2.97. The SMILES string of the molecule is Cc1ccc(-c2c(C=O)n(C(CCC(C)(C)C)O[SiH](C)C)c3ncnc(NC(=O)OC(C)(C)C)c23)cc1. The molecule has 1 N–H and O–H groups in total. The maximum atomic E-state index is 12.7. The van der Waals surface area contributed by atoms with Crippen molar-refractivity contribution in [3.05, 3.63) is 41.9 Å². The van der Waals surface area contributed by atoms with Crippen LogP contribution in [0.1, 0.15) is 76.7 Å². The third kappa shape index (κ3) is 7.26. The number of aldehydes is 1. The smallest absolute Gasteiger partial charge is 0.413 e. The summed E-state index contributed by atoms with van der Waals surface area (Å²) in [5, 5.41) is 3.37. The number of aromatic nitrogens is 3. The first-order valence-electron chi connectivity index (χ1n) is 12.8. The summed E-state index contributed by atoms with van der Waals surface area (Å²) in [5.74, 6) is 0.285. The molecule has 1 aromatic carbocycles. The van der Waals surface area contributed by atoms with Crippen LogP contribution in [0.4, 0.5) is 10.6 Å². The molecule has 0 bridgehead atoms. The molecule has 0 aliphatic rings. The van der Waals surface area contributed by atoms with Crippen LogP contribution in [-0.4, -0.2) is 41.6 Å². The molecule has 0 aliphatic heterocycles. The molecule has 0 fully saturated rings. The molecule has 0 radical (unpaired) electrons. The average molecular weight is 525 g/mol. The van der Waals surface area contributed by atoms with Gasteiger partial charge in [0.05, 0.1) is 11.1 Å². The highest BCUT2D eigenvalue weighted by atomic mass is 28.3. The van der Waals surface area contributed by atoms with Crippen LogP contribution in [-0.2, 0) is 9.16 Å². The number of aryl methyl sites for hydroxylation is 1. The van der Waals surface area contributed by atoms with E-state index in [-0.39, 0.29) is 17.5 Å². The Morgan fingerprint density at radius 2 is 1.76 bits per heavy atom. The van der Waals surface area contributed by atoms with E-state index in [4.69, 9.17) is 9.16 Å². The third-order valence-corrected chi connectivity index (χ3v) is 6.61. The lowest BCUT2D eigenvalue weighted by Gasteiger charge is -2.27. The molecule has 2 heterocycles. The molecule has 37 heavy (non-hydrogen) atoms. The molecular weight excluding hydrogens is 484 g/mol. The Balaban J connectivity index is 2.30. The number of fused-ring (bicyclic) bond motifs is 1. The number of benzene rings is 1. The number of ether oxygens (including phenoxy) is 1. The fourth-order valence-electron chi connectivity index (χ4n) is 4.20. The molecule has 0 aliphatic carbocycles. The molecule has 200 valence electrons. The van der Waals surface area contributed by atoms with Crippen LogP contribution in [0.3, 0.4) is 0 Å². The molecule has 3 rings (SSSR count). The first kappa shape index (κ1) is 28.5. The molecule has 1 amide bonds. The van der Waals surface area contributed by atoms with Crippen LogP contribution in [0.25, 0.3) is 22.2 Å². The van der Waals surface area contributed by atoms with Crippen molar-refractivity contribution in [2.45, 2.75) is 86.2 Å². The highest BCUT2D eigenvalue weighted by Gasteiger charge is 2.29. The van der Waals surface area contributed by atoms with Gasteiger partial charge >= 0.3 is 6.09 Å². The van der Waals surface area contributed by atoms with Crippen molar-refractivity contribution >= 4 is 38.3 Å². The van der Waals surface area contributed by atoms with Gasteiger partial charge in [0.2, 0.25) is 0 Å². The van der Waals surface area contributed by atoms with Gasteiger partial charge < -0.3 is 9.16 Å². The second kappa shape index (κ2) is 11.1. The molecule has 0 saturated heterocycles. The summed E-state index contributed by atoms with van der Waals surface area (Å²) in [7, 11) is -1.50. The number of carbonyl (C=O) groups is 2. The van der Waals surface area contributed by atoms with Gasteiger partial charge in [-0.15, -0.1) is 0 Å². The lowest BCUT2D eigenvalue weighted by Crippen LogP contribution is -2.27. The molecule has 3 aromatic rings. The Bertz CT molecular complexity index is 1250. The van der Waals surface area contributed by atoms with Crippen molar-refractivity contribution in [1.82, 2.24) is 14.5 Å². The van der Waals surface area contributed by atoms with Gasteiger partial charge in [-0.05, 0) is 64.6 Å². The van der Waals surface area contributed by atoms with Gasteiger partial charge in [-0.1, -0.05) is 50.6 Å². The molecule has 2 aromatic heterocycles. The van der Waals surface area contributed by atoms with E-state index >= 15 is 0 Å².